The molecule has 10 aromatic carbocycles. The maximum Gasteiger partial charge on any atom is 0.171 e. The van der Waals surface area contributed by atoms with Crippen molar-refractivity contribution in [1.29, 1.82) is 0 Å². The van der Waals surface area contributed by atoms with Gasteiger partial charge in [-0.25, -0.2) is 0 Å². The monoisotopic (exact) mass is 892 g/mol. The van der Waals surface area contributed by atoms with Gasteiger partial charge >= 0.3 is 0 Å². The zero-order valence-electron chi connectivity index (χ0n) is 35.9. The van der Waals surface area contributed by atoms with E-state index in [1.165, 1.54) is 48.6 Å². The van der Waals surface area contributed by atoms with E-state index in [0.29, 0.717) is 0 Å². The van der Waals surface area contributed by atoms with Crippen LogP contribution in [0.15, 0.2) is 239 Å². The third-order valence-electron chi connectivity index (χ3n) is 14.6. The molecule has 67 heavy (non-hydrogen) atoms. The minimum absolute atomic E-state index is 0.742. The van der Waals surface area contributed by atoms with Crippen molar-refractivity contribution in [3.63, 3.8) is 0 Å². The van der Waals surface area contributed by atoms with E-state index in [9.17, 15) is 0 Å². The van der Waals surface area contributed by atoms with Gasteiger partial charge in [0.05, 0.1) is 27.5 Å². The van der Waals surface area contributed by atoms with E-state index < -0.39 is 12.6 Å². The fraction of sp³-hybridized carbons (Fsp3) is 0.0164. The predicted octanol–water partition coefficient (Wildman–Crippen LogP) is 14.6. The third-order valence-corrected chi connectivity index (χ3v) is 18.9. The van der Waals surface area contributed by atoms with Gasteiger partial charge in [0.2, 0.25) is 0 Å². The number of hydrogen-bond donors (Lipinski definition) is 0. The van der Waals surface area contributed by atoms with Crippen LogP contribution in [0.25, 0.3) is 76.9 Å². The van der Waals surface area contributed by atoms with Crippen LogP contribution in [0.3, 0.4) is 0 Å². The number of hydrogen-bond acceptors (Lipinski definition) is 3. The van der Waals surface area contributed by atoms with Gasteiger partial charge in [0.25, 0.3) is 0 Å². The average Bonchev–Trinajstić information content (AvgIpc) is 4.03. The van der Waals surface area contributed by atoms with Crippen LogP contribution >= 0.6 is 18.9 Å². The lowest BCUT2D eigenvalue weighted by Crippen LogP contribution is -2.48. The zero-order chi connectivity index (χ0) is 44.0. The molecule has 5 heterocycles. The summed E-state index contributed by atoms with van der Waals surface area (Å²) in [5.74, 6) is 0. The van der Waals surface area contributed by atoms with Crippen LogP contribution < -0.4 is 15.9 Å². The minimum Gasteiger partial charge on any atom is -0.456 e. The Balaban J connectivity index is 1.05. The van der Waals surface area contributed by atoms with Crippen molar-refractivity contribution in [2.75, 3.05) is 0 Å². The standard InChI is InChI=1S/C61H37N2O2PS/c64-66(40-19-5-2-6-20-40)57-29-15-10-24-47(57)61(50-35-46-43-23-9-14-28-55(43)65-56(46)37-58(50)66)48-25-11-16-30-59(48)67-60-33-39(31-32-49(60)61)63-52-27-13-8-22-42(52)45-34-44-41-21-7-12-26-51(41)62(53(44)36-54(45)63)38-17-3-1-4-18-38/h1-37H. The summed E-state index contributed by atoms with van der Waals surface area (Å²) < 4.78 is 28.1. The summed E-state index contributed by atoms with van der Waals surface area (Å²) in [6.45, 7) is 0. The summed E-state index contributed by atoms with van der Waals surface area (Å²) in [6.07, 6.45) is 0. The molecule has 0 amide bonds. The molecule has 2 aliphatic heterocycles. The summed E-state index contributed by atoms with van der Waals surface area (Å²) >= 11 is 1.83. The van der Waals surface area contributed by atoms with Gasteiger partial charge in [-0.3, -0.25) is 0 Å². The number of benzene rings is 10. The second kappa shape index (κ2) is 13.6. The van der Waals surface area contributed by atoms with Crippen LogP contribution in [-0.4, -0.2) is 9.13 Å². The first-order chi connectivity index (χ1) is 33.1. The topological polar surface area (TPSA) is 40.1 Å². The van der Waals surface area contributed by atoms with E-state index in [0.717, 1.165) is 76.3 Å². The summed E-state index contributed by atoms with van der Waals surface area (Å²) in [5, 5.41) is 9.46. The van der Waals surface area contributed by atoms with E-state index >= 15 is 4.57 Å². The number of nitrogens with zero attached hydrogens (tertiary/aromatic N) is 2. The molecule has 0 saturated carbocycles. The first-order valence-corrected chi connectivity index (χ1v) is 25.3. The molecule has 13 aromatic rings. The molecule has 314 valence electrons. The maximum absolute atomic E-state index is 16.7. The van der Waals surface area contributed by atoms with E-state index in [1.807, 2.05) is 54.2 Å². The van der Waals surface area contributed by atoms with Gasteiger partial charge in [-0.2, -0.15) is 0 Å². The second-order valence-corrected chi connectivity index (χ2v) is 21.7. The van der Waals surface area contributed by atoms with Crippen molar-refractivity contribution < 1.29 is 8.98 Å². The predicted molar refractivity (Wildman–Crippen MR) is 278 cm³/mol. The average molecular weight is 893 g/mol. The van der Waals surface area contributed by atoms with E-state index in [2.05, 4.69) is 191 Å². The van der Waals surface area contributed by atoms with Crippen LogP contribution in [0.2, 0.25) is 0 Å². The van der Waals surface area contributed by atoms with Crippen LogP contribution in [0.1, 0.15) is 22.3 Å². The Hall–Kier alpha value is -7.82. The molecule has 15 rings (SSSR count). The third kappa shape index (κ3) is 4.87. The molecule has 0 aliphatic carbocycles. The highest BCUT2D eigenvalue weighted by molar-refractivity contribution is 7.99. The maximum atomic E-state index is 16.7. The quantitative estimate of drug-likeness (QED) is 0.166. The molecule has 0 N–H and O–H groups in total. The van der Waals surface area contributed by atoms with Gasteiger partial charge in [0, 0.05) is 69.4 Å². The normalized spacial score (nSPS) is 17.4. The number of furan rings is 1. The Bertz CT molecular complexity index is 4300. The molecule has 2 atom stereocenters. The molecule has 3 aromatic heterocycles. The first-order valence-electron chi connectivity index (χ1n) is 22.8. The highest BCUT2D eigenvalue weighted by Crippen LogP contribution is 2.62. The molecule has 2 unspecified atom stereocenters. The Morgan fingerprint density at radius 2 is 0.970 bits per heavy atom. The smallest absolute Gasteiger partial charge is 0.171 e. The van der Waals surface area contributed by atoms with Crippen molar-refractivity contribution >= 4 is 100 Å². The van der Waals surface area contributed by atoms with Crippen LogP contribution in [0.5, 0.6) is 0 Å². The van der Waals surface area contributed by atoms with Crippen LogP contribution in [-0.2, 0) is 9.98 Å². The van der Waals surface area contributed by atoms with Gasteiger partial charge < -0.3 is 18.1 Å². The minimum atomic E-state index is -3.44. The molecule has 1 spiro atoms. The molecule has 4 nitrogen and oxygen atoms in total. The molecule has 6 heteroatoms. The molecule has 0 saturated heterocycles. The second-order valence-electron chi connectivity index (χ2n) is 17.9. The van der Waals surface area contributed by atoms with Crippen molar-refractivity contribution in [3.8, 4) is 11.4 Å². The molecule has 2 aliphatic rings. The van der Waals surface area contributed by atoms with E-state index in [-0.39, 0.29) is 0 Å². The lowest BCUT2D eigenvalue weighted by atomic mass is 9.64. The Labute approximate surface area is 389 Å². The Kier molecular flexibility index (Phi) is 7.60. The highest BCUT2D eigenvalue weighted by atomic mass is 32.2. The van der Waals surface area contributed by atoms with E-state index in [1.54, 1.807) is 0 Å². The van der Waals surface area contributed by atoms with Crippen LogP contribution in [0, 0.1) is 0 Å². The van der Waals surface area contributed by atoms with Crippen LogP contribution in [0.4, 0.5) is 0 Å². The number of para-hydroxylation sites is 4. The highest BCUT2D eigenvalue weighted by Gasteiger charge is 2.54. The summed E-state index contributed by atoms with van der Waals surface area (Å²) in [6, 6.07) is 80.3. The van der Waals surface area contributed by atoms with Crippen molar-refractivity contribution in [1.82, 2.24) is 9.13 Å². The number of rotatable bonds is 3. The fourth-order valence-electron chi connectivity index (χ4n) is 11.9. The molecular formula is C61H37N2O2PS. The Morgan fingerprint density at radius 3 is 1.73 bits per heavy atom. The van der Waals surface area contributed by atoms with Gasteiger partial charge in [0.1, 0.15) is 11.2 Å². The van der Waals surface area contributed by atoms with Crippen molar-refractivity contribution in [3.05, 3.63) is 247 Å². The summed E-state index contributed by atoms with van der Waals surface area (Å²) in [4.78, 5) is 2.34. The molecular weight excluding hydrogens is 856 g/mol. The number of fused-ring (bicyclic) bond motifs is 17. The molecule has 0 bridgehead atoms. The SMILES string of the molecule is O=P1(c2ccccc2)c2ccccc2C2(c3ccccc3Sc3cc(-n4c5ccccc5c5cc6c7ccccc7n(-c7ccccc7)c6cc54)ccc32)c2cc3c(cc21)oc1ccccc13. The molecule has 0 radical (unpaired) electrons. The Morgan fingerprint density at radius 1 is 0.373 bits per heavy atom. The zero-order valence-corrected chi connectivity index (χ0v) is 37.6. The van der Waals surface area contributed by atoms with Gasteiger partial charge in [-0.05, 0) is 95.1 Å². The summed E-state index contributed by atoms with van der Waals surface area (Å²) in [5.41, 5.74) is 12.1. The number of aromatic nitrogens is 2. The molecule has 0 fully saturated rings. The first kappa shape index (κ1) is 37.4. The van der Waals surface area contributed by atoms with Crippen molar-refractivity contribution in [2.45, 2.75) is 15.2 Å². The lowest BCUT2D eigenvalue weighted by Gasteiger charge is -2.47. The van der Waals surface area contributed by atoms with Gasteiger partial charge in [0.15, 0.2) is 7.14 Å². The van der Waals surface area contributed by atoms with Crippen molar-refractivity contribution in [2.24, 2.45) is 0 Å². The van der Waals surface area contributed by atoms with Gasteiger partial charge in [-0.15, -0.1) is 0 Å². The lowest BCUT2D eigenvalue weighted by molar-refractivity contribution is 0.589. The summed E-state index contributed by atoms with van der Waals surface area (Å²) in [7, 11) is -3.44. The largest absolute Gasteiger partial charge is 0.456 e. The van der Waals surface area contributed by atoms with E-state index in [4.69, 9.17) is 4.42 Å². The van der Waals surface area contributed by atoms with Gasteiger partial charge in [-0.1, -0.05) is 163 Å². The fourth-order valence-corrected chi connectivity index (χ4v) is 16.3.